The van der Waals surface area contributed by atoms with Crippen molar-refractivity contribution in [2.75, 3.05) is 0 Å². The maximum atomic E-state index is 14.9. The Balaban J connectivity index is 1.60. The van der Waals surface area contributed by atoms with E-state index in [0.29, 0.717) is 11.3 Å². The molecule has 0 aliphatic heterocycles. The fraction of sp³-hybridized carbons (Fsp3) is 0.206. The summed E-state index contributed by atoms with van der Waals surface area (Å²) in [6.45, 7) is 2.85. The van der Waals surface area contributed by atoms with E-state index in [4.69, 9.17) is 32.7 Å². The van der Waals surface area contributed by atoms with E-state index < -0.39 is 55.1 Å². The van der Waals surface area contributed by atoms with Crippen LogP contribution in [0.15, 0.2) is 96.1 Å². The summed E-state index contributed by atoms with van der Waals surface area (Å²) in [5.74, 6) is -1.99. The number of hydrogen-bond acceptors (Lipinski definition) is 10. The normalized spacial score (nSPS) is 13.2. The molecule has 0 radical (unpaired) electrons. The van der Waals surface area contributed by atoms with Crippen molar-refractivity contribution in [1.82, 2.24) is 30.9 Å². The number of aromatic nitrogens is 3. The van der Waals surface area contributed by atoms with Crippen LogP contribution in [0.1, 0.15) is 48.1 Å². The summed E-state index contributed by atoms with van der Waals surface area (Å²) in [4.78, 5) is 54.9. The molecular weight excluding hydrogens is 691 g/mol. The van der Waals surface area contributed by atoms with Crippen molar-refractivity contribution >= 4 is 42.9 Å². The molecule has 4 amide bonds. The number of nitrogens with zero attached hydrogens (tertiary/aromatic N) is 4. The van der Waals surface area contributed by atoms with Gasteiger partial charge in [0.05, 0.1) is 11.9 Å². The minimum atomic E-state index is -4.40. The van der Waals surface area contributed by atoms with Gasteiger partial charge in [0.25, 0.3) is 5.91 Å². The first kappa shape index (κ1) is 38.1. The first-order chi connectivity index (χ1) is 24.8. The van der Waals surface area contributed by atoms with Crippen LogP contribution in [0, 0.1) is 12.3 Å². The van der Waals surface area contributed by atoms with Gasteiger partial charge in [-0.15, -0.1) is 17.4 Å². The van der Waals surface area contributed by atoms with Crippen molar-refractivity contribution in [2.45, 2.75) is 44.2 Å². The molecule has 0 aliphatic carbocycles. The highest BCUT2D eigenvalue weighted by molar-refractivity contribution is 7.55. The van der Waals surface area contributed by atoms with Gasteiger partial charge in [-0.2, -0.15) is 0 Å². The van der Waals surface area contributed by atoms with E-state index in [1.807, 2.05) is 0 Å². The Bertz CT molecular complexity index is 1950. The van der Waals surface area contributed by atoms with Gasteiger partial charge in [-0.3, -0.25) is 19.2 Å². The number of rotatable bonds is 16. The van der Waals surface area contributed by atoms with Crippen molar-refractivity contribution in [1.29, 1.82) is 0 Å². The SMILES string of the molecule is C#CC[C@@H](NC(=O)[C@@H](C)NC(=O)[C@@H](C)n1cc(C(=O)NC(c2ccc(N=C(N)N)cc2)P(=O)(Oc2ccccc2)Oc2ccccc2)nn1)C(N)=O. The Morgan fingerprint density at radius 3 is 1.96 bits per heavy atom. The fourth-order valence-corrected chi connectivity index (χ4v) is 6.42. The molecular formula is C34H37N10O7P. The van der Waals surface area contributed by atoms with E-state index in [1.165, 1.54) is 20.0 Å². The van der Waals surface area contributed by atoms with Crippen LogP contribution in [-0.4, -0.2) is 56.7 Å². The zero-order valence-electron chi connectivity index (χ0n) is 28.1. The average molecular weight is 729 g/mol. The monoisotopic (exact) mass is 728 g/mol. The molecule has 0 spiro atoms. The van der Waals surface area contributed by atoms with E-state index in [-0.39, 0.29) is 29.6 Å². The topological polar surface area (TPSA) is 261 Å². The molecule has 1 aromatic heterocycles. The second-order valence-electron chi connectivity index (χ2n) is 11.2. The summed E-state index contributed by atoms with van der Waals surface area (Å²) in [6, 6.07) is 19.5. The Labute approximate surface area is 298 Å². The average Bonchev–Trinajstić information content (AvgIpc) is 3.61. The van der Waals surface area contributed by atoms with E-state index in [9.17, 15) is 23.7 Å². The second-order valence-corrected chi connectivity index (χ2v) is 13.2. The first-order valence-electron chi connectivity index (χ1n) is 15.6. The second kappa shape index (κ2) is 17.3. The van der Waals surface area contributed by atoms with Crippen molar-refractivity contribution in [3.05, 3.63) is 102 Å². The number of guanidine groups is 1. The number of amides is 4. The molecule has 18 heteroatoms. The molecule has 52 heavy (non-hydrogen) atoms. The van der Waals surface area contributed by atoms with Gasteiger partial charge in [0.1, 0.15) is 29.6 Å². The lowest BCUT2D eigenvalue weighted by atomic mass is 10.2. The van der Waals surface area contributed by atoms with Crippen LogP contribution in [0.2, 0.25) is 0 Å². The van der Waals surface area contributed by atoms with Gasteiger partial charge in [-0.05, 0) is 55.8 Å². The molecule has 0 fully saturated rings. The molecule has 4 atom stereocenters. The van der Waals surface area contributed by atoms with E-state index >= 15 is 0 Å². The van der Waals surface area contributed by atoms with Crippen LogP contribution in [0.3, 0.4) is 0 Å². The van der Waals surface area contributed by atoms with Crippen LogP contribution >= 0.6 is 7.60 Å². The third kappa shape index (κ3) is 10.2. The summed E-state index contributed by atoms with van der Waals surface area (Å²) in [7, 11) is -4.40. The molecule has 1 heterocycles. The van der Waals surface area contributed by atoms with Gasteiger partial charge in [0.2, 0.25) is 17.7 Å². The lowest BCUT2D eigenvalue weighted by Gasteiger charge is -2.28. The summed E-state index contributed by atoms with van der Waals surface area (Å²) in [5.41, 5.74) is 16.7. The third-order valence-corrected chi connectivity index (χ3v) is 9.25. The Morgan fingerprint density at radius 1 is 0.865 bits per heavy atom. The molecule has 1 unspecified atom stereocenters. The number of terminal acetylenes is 1. The predicted molar refractivity (Wildman–Crippen MR) is 191 cm³/mol. The molecule has 0 saturated carbocycles. The Kier molecular flexibility index (Phi) is 12.7. The van der Waals surface area contributed by atoms with Gasteiger partial charge in [-0.25, -0.2) is 14.2 Å². The number of nitrogens with one attached hydrogen (secondary N) is 3. The lowest BCUT2D eigenvalue weighted by molar-refractivity contribution is -0.131. The number of para-hydroxylation sites is 2. The zero-order chi connectivity index (χ0) is 37.8. The maximum absolute atomic E-state index is 14.9. The van der Waals surface area contributed by atoms with Crippen LogP contribution in [0.25, 0.3) is 0 Å². The molecule has 9 N–H and O–H groups in total. The standard InChI is InChI=1S/C34H37N10O7P/c1-4-11-27(29(35)45)40-30(46)21(2)38-31(47)22(3)44-20-28(42-43-44)32(48)41-33(23-16-18-24(19-17-23)39-34(36)37)52(49,50-25-12-7-5-8-13-25)51-26-14-9-6-10-15-26/h1,5-10,12-22,27,33H,11H2,2-3H3,(H2,35,45)(H,38,47)(H,40,46)(H,41,48)(H4,36,37,39)/t21-,22-,27-,33?/m1/s1. The highest BCUT2D eigenvalue weighted by Gasteiger charge is 2.42. The summed E-state index contributed by atoms with van der Waals surface area (Å²) in [5, 5.41) is 15.4. The zero-order valence-corrected chi connectivity index (χ0v) is 29.0. The van der Waals surface area contributed by atoms with Gasteiger partial charge in [0, 0.05) is 6.42 Å². The molecule has 270 valence electrons. The van der Waals surface area contributed by atoms with Crippen LogP contribution in [-0.2, 0) is 18.9 Å². The maximum Gasteiger partial charge on any atom is 0.457 e. The van der Waals surface area contributed by atoms with E-state index in [0.717, 1.165) is 4.68 Å². The molecule has 3 aromatic carbocycles. The van der Waals surface area contributed by atoms with Crippen LogP contribution in [0.5, 0.6) is 11.5 Å². The van der Waals surface area contributed by atoms with Crippen LogP contribution < -0.4 is 42.2 Å². The minimum absolute atomic E-state index is 0.127. The number of nitrogens with two attached hydrogens (primary N) is 3. The summed E-state index contributed by atoms with van der Waals surface area (Å²) >= 11 is 0. The van der Waals surface area contributed by atoms with Crippen molar-refractivity contribution in [3.8, 4) is 23.8 Å². The summed E-state index contributed by atoms with van der Waals surface area (Å²) < 4.78 is 28.0. The number of carbonyl (C=O) groups excluding carboxylic acids is 4. The minimum Gasteiger partial charge on any atom is -0.414 e. The predicted octanol–water partition coefficient (Wildman–Crippen LogP) is 2.02. The van der Waals surface area contributed by atoms with E-state index in [1.54, 1.807) is 84.9 Å². The first-order valence-corrected chi connectivity index (χ1v) is 17.3. The van der Waals surface area contributed by atoms with Crippen molar-refractivity contribution in [3.63, 3.8) is 0 Å². The number of aliphatic imine (C=N–C) groups is 1. The highest BCUT2D eigenvalue weighted by atomic mass is 31.2. The van der Waals surface area contributed by atoms with Crippen LogP contribution in [0.4, 0.5) is 5.69 Å². The number of carbonyl (C=O) groups is 4. The Hall–Kier alpha value is -6.66. The molecule has 4 rings (SSSR count). The quantitative estimate of drug-likeness (QED) is 0.0421. The van der Waals surface area contributed by atoms with Gasteiger partial charge >= 0.3 is 7.60 Å². The van der Waals surface area contributed by atoms with Gasteiger partial charge < -0.3 is 42.2 Å². The van der Waals surface area contributed by atoms with Gasteiger partial charge in [-0.1, -0.05) is 53.7 Å². The summed E-state index contributed by atoms with van der Waals surface area (Å²) in [6.07, 6.45) is 6.29. The fourth-order valence-electron chi connectivity index (χ4n) is 4.53. The highest BCUT2D eigenvalue weighted by Crippen LogP contribution is 2.59. The molecule has 0 bridgehead atoms. The molecule has 17 nitrogen and oxygen atoms in total. The molecule has 4 aromatic rings. The van der Waals surface area contributed by atoms with Gasteiger partial charge in [0.15, 0.2) is 17.4 Å². The number of hydrogen-bond donors (Lipinski definition) is 6. The van der Waals surface area contributed by atoms with Crippen molar-refractivity contribution < 1.29 is 32.8 Å². The smallest absolute Gasteiger partial charge is 0.414 e. The largest absolute Gasteiger partial charge is 0.457 e. The van der Waals surface area contributed by atoms with Crippen molar-refractivity contribution in [2.24, 2.45) is 22.2 Å². The molecule has 0 saturated heterocycles. The lowest BCUT2D eigenvalue weighted by Crippen LogP contribution is -2.52. The van der Waals surface area contributed by atoms with E-state index in [2.05, 4.69) is 37.2 Å². The number of primary amides is 1. The Morgan fingerprint density at radius 2 is 1.44 bits per heavy atom. The third-order valence-electron chi connectivity index (χ3n) is 7.26. The molecule has 0 aliphatic rings. The number of benzene rings is 3.